The maximum Gasteiger partial charge on any atom is 0.188 e. The number of benzene rings is 1. The number of hydrogen-bond donors (Lipinski definition) is 0. The maximum absolute atomic E-state index is 5.26. The summed E-state index contributed by atoms with van der Waals surface area (Å²) in [6.07, 6.45) is 0. The number of ether oxygens (including phenoxy) is 2. The molecule has 0 spiro atoms. The van der Waals surface area contributed by atoms with Gasteiger partial charge >= 0.3 is 0 Å². The van der Waals surface area contributed by atoms with Crippen LogP contribution in [0.5, 0.6) is 5.75 Å². The zero-order chi connectivity index (χ0) is 8.10. The topological polar surface area (TPSA) is 18.5 Å². The van der Waals surface area contributed by atoms with E-state index in [9.17, 15) is 0 Å². The molecule has 2 heteroatoms. The van der Waals surface area contributed by atoms with Crippen molar-refractivity contribution in [1.82, 2.24) is 0 Å². The van der Waals surface area contributed by atoms with E-state index in [1.165, 1.54) is 0 Å². The van der Waals surface area contributed by atoms with Crippen LogP contribution in [-0.2, 0) is 4.74 Å². The van der Waals surface area contributed by atoms with E-state index in [2.05, 4.69) is 0 Å². The fourth-order valence-electron chi connectivity index (χ4n) is 0.841. The highest BCUT2D eigenvalue weighted by molar-refractivity contribution is 5.31. The number of hydrogen-bond acceptors (Lipinski definition) is 2. The Morgan fingerprint density at radius 1 is 1.27 bits per heavy atom. The predicted molar refractivity (Wildman–Crippen MR) is 43.7 cm³/mol. The van der Waals surface area contributed by atoms with Crippen LogP contribution in [-0.4, -0.2) is 13.9 Å². The zero-order valence-electron chi connectivity index (χ0n) is 6.83. The minimum Gasteiger partial charge on any atom is -0.467 e. The second-order valence-electron chi connectivity index (χ2n) is 2.32. The molecule has 0 radical (unpaired) electrons. The molecule has 1 aromatic rings. The summed E-state index contributed by atoms with van der Waals surface area (Å²) in [6, 6.07) is 7.85. The van der Waals surface area contributed by atoms with Crippen LogP contribution in [0.1, 0.15) is 5.56 Å². The SMILES string of the molecule is COCOc1ccccc1C. The lowest BCUT2D eigenvalue weighted by Gasteiger charge is -2.06. The van der Waals surface area contributed by atoms with Gasteiger partial charge in [-0.25, -0.2) is 0 Å². The monoisotopic (exact) mass is 152 g/mol. The van der Waals surface area contributed by atoms with Crippen molar-refractivity contribution in [2.24, 2.45) is 0 Å². The van der Waals surface area contributed by atoms with Gasteiger partial charge in [0.25, 0.3) is 0 Å². The number of rotatable bonds is 3. The van der Waals surface area contributed by atoms with Crippen molar-refractivity contribution in [2.75, 3.05) is 13.9 Å². The molecule has 0 amide bonds. The smallest absolute Gasteiger partial charge is 0.188 e. The van der Waals surface area contributed by atoms with Gasteiger partial charge in [-0.15, -0.1) is 0 Å². The Labute approximate surface area is 66.8 Å². The van der Waals surface area contributed by atoms with Crippen molar-refractivity contribution in [3.63, 3.8) is 0 Å². The van der Waals surface area contributed by atoms with Gasteiger partial charge in [-0.05, 0) is 18.6 Å². The van der Waals surface area contributed by atoms with E-state index < -0.39 is 0 Å². The molecular weight excluding hydrogens is 140 g/mol. The largest absolute Gasteiger partial charge is 0.467 e. The molecule has 0 unspecified atom stereocenters. The molecule has 0 aliphatic carbocycles. The highest BCUT2D eigenvalue weighted by atomic mass is 16.7. The van der Waals surface area contributed by atoms with E-state index in [0.29, 0.717) is 6.79 Å². The Bertz CT molecular complexity index is 221. The van der Waals surface area contributed by atoms with E-state index in [1.54, 1.807) is 7.11 Å². The lowest BCUT2D eigenvalue weighted by atomic mass is 10.2. The normalized spacial score (nSPS) is 9.64. The molecule has 0 aliphatic rings. The molecule has 1 aromatic carbocycles. The summed E-state index contributed by atoms with van der Waals surface area (Å²) in [7, 11) is 1.61. The quantitative estimate of drug-likeness (QED) is 0.616. The molecule has 1 rings (SSSR count). The summed E-state index contributed by atoms with van der Waals surface area (Å²) in [4.78, 5) is 0. The molecule has 0 bridgehead atoms. The van der Waals surface area contributed by atoms with Crippen molar-refractivity contribution in [3.05, 3.63) is 29.8 Å². The Morgan fingerprint density at radius 3 is 2.64 bits per heavy atom. The summed E-state index contributed by atoms with van der Waals surface area (Å²) in [5, 5.41) is 0. The zero-order valence-corrected chi connectivity index (χ0v) is 6.83. The van der Waals surface area contributed by atoms with E-state index in [4.69, 9.17) is 9.47 Å². The van der Waals surface area contributed by atoms with Crippen molar-refractivity contribution < 1.29 is 9.47 Å². The van der Waals surface area contributed by atoms with Crippen molar-refractivity contribution in [2.45, 2.75) is 6.92 Å². The van der Waals surface area contributed by atoms with Crippen LogP contribution in [0.25, 0.3) is 0 Å². The Morgan fingerprint density at radius 2 is 2.00 bits per heavy atom. The maximum atomic E-state index is 5.26. The second kappa shape index (κ2) is 3.98. The van der Waals surface area contributed by atoms with Gasteiger partial charge in [0.1, 0.15) is 5.75 Å². The molecule has 0 fully saturated rings. The van der Waals surface area contributed by atoms with Crippen LogP contribution in [0.4, 0.5) is 0 Å². The first-order valence-corrected chi connectivity index (χ1v) is 3.52. The Balaban J connectivity index is 2.62. The first-order valence-electron chi connectivity index (χ1n) is 3.52. The van der Waals surface area contributed by atoms with Crippen molar-refractivity contribution in [1.29, 1.82) is 0 Å². The van der Waals surface area contributed by atoms with Crippen LogP contribution >= 0.6 is 0 Å². The molecule has 0 atom stereocenters. The van der Waals surface area contributed by atoms with E-state index >= 15 is 0 Å². The van der Waals surface area contributed by atoms with Gasteiger partial charge in [0.05, 0.1) is 0 Å². The van der Waals surface area contributed by atoms with Crippen molar-refractivity contribution in [3.8, 4) is 5.75 Å². The second-order valence-corrected chi connectivity index (χ2v) is 2.32. The average molecular weight is 152 g/mol. The summed E-state index contributed by atoms with van der Waals surface area (Å²) in [5.74, 6) is 0.884. The van der Waals surface area contributed by atoms with Crippen LogP contribution < -0.4 is 4.74 Å². The minimum absolute atomic E-state index is 0.310. The lowest BCUT2D eigenvalue weighted by Crippen LogP contribution is -1.99. The summed E-state index contributed by atoms with van der Waals surface area (Å²) in [6.45, 7) is 2.32. The van der Waals surface area contributed by atoms with E-state index in [-0.39, 0.29) is 0 Å². The van der Waals surface area contributed by atoms with Gasteiger partial charge in [0, 0.05) is 7.11 Å². The molecule has 0 aromatic heterocycles. The fourth-order valence-corrected chi connectivity index (χ4v) is 0.841. The molecule has 0 saturated heterocycles. The molecule has 0 heterocycles. The lowest BCUT2D eigenvalue weighted by molar-refractivity contribution is 0.0506. The molecule has 0 saturated carbocycles. The van der Waals surface area contributed by atoms with Crippen molar-refractivity contribution >= 4 is 0 Å². The van der Waals surface area contributed by atoms with Gasteiger partial charge in [0.15, 0.2) is 6.79 Å². The number of methoxy groups -OCH3 is 1. The fraction of sp³-hybridized carbons (Fsp3) is 0.333. The van der Waals surface area contributed by atoms with Gasteiger partial charge in [-0.1, -0.05) is 18.2 Å². The number of aryl methyl sites for hydroxylation is 1. The highest BCUT2D eigenvalue weighted by Crippen LogP contribution is 2.15. The number of para-hydroxylation sites is 1. The third kappa shape index (κ3) is 2.24. The highest BCUT2D eigenvalue weighted by Gasteiger charge is 1.94. The summed E-state index contributed by atoms with van der Waals surface area (Å²) < 4.78 is 10.0. The molecule has 60 valence electrons. The molecule has 11 heavy (non-hydrogen) atoms. The van der Waals surface area contributed by atoms with Gasteiger partial charge in [-0.3, -0.25) is 0 Å². The van der Waals surface area contributed by atoms with E-state index in [1.807, 2.05) is 31.2 Å². The van der Waals surface area contributed by atoms with Crippen LogP contribution in [0.15, 0.2) is 24.3 Å². The van der Waals surface area contributed by atoms with Gasteiger partial charge < -0.3 is 9.47 Å². The average Bonchev–Trinajstić information content (AvgIpc) is 2.03. The van der Waals surface area contributed by atoms with Crippen LogP contribution in [0.3, 0.4) is 0 Å². The summed E-state index contributed by atoms with van der Waals surface area (Å²) in [5.41, 5.74) is 1.13. The molecule has 2 nitrogen and oxygen atoms in total. The first kappa shape index (κ1) is 8.08. The standard InChI is InChI=1S/C9H12O2/c1-8-5-3-4-6-9(8)11-7-10-2/h3-6H,7H2,1-2H3. The van der Waals surface area contributed by atoms with Gasteiger partial charge in [0.2, 0.25) is 0 Å². The van der Waals surface area contributed by atoms with Gasteiger partial charge in [-0.2, -0.15) is 0 Å². The van der Waals surface area contributed by atoms with E-state index in [0.717, 1.165) is 11.3 Å². The minimum atomic E-state index is 0.310. The third-order valence-corrected chi connectivity index (χ3v) is 1.43. The Kier molecular flexibility index (Phi) is 2.93. The summed E-state index contributed by atoms with van der Waals surface area (Å²) >= 11 is 0. The molecule has 0 aliphatic heterocycles. The van der Waals surface area contributed by atoms with Crippen LogP contribution in [0.2, 0.25) is 0 Å². The molecule has 0 N–H and O–H groups in total. The third-order valence-electron chi connectivity index (χ3n) is 1.43. The Hall–Kier alpha value is -1.02. The molecular formula is C9H12O2. The van der Waals surface area contributed by atoms with Crippen LogP contribution in [0, 0.1) is 6.92 Å². The first-order chi connectivity index (χ1) is 5.34. The predicted octanol–water partition coefficient (Wildman–Crippen LogP) is 1.98.